The predicted molar refractivity (Wildman–Crippen MR) is 86.8 cm³/mol. The van der Waals surface area contributed by atoms with Crippen molar-refractivity contribution in [2.45, 2.75) is 12.5 Å². The third kappa shape index (κ3) is 3.84. The first-order valence-electron chi connectivity index (χ1n) is 7.73. The van der Waals surface area contributed by atoms with Crippen LogP contribution < -0.4 is 0 Å². The number of halogens is 2. The molecule has 1 atom stereocenters. The van der Waals surface area contributed by atoms with Crippen LogP contribution in [0.4, 0.5) is 8.78 Å². The summed E-state index contributed by atoms with van der Waals surface area (Å²) in [7, 11) is 0. The SMILES string of the molecule is O[C@H](CN1CC=C(c2ccccc2)CC1)c1cc(F)ccc1F. The number of β-amino-alcohol motifs (C(OH)–C–C–N with tert-alkyl or cyclic N) is 1. The number of aliphatic hydroxyl groups is 1. The smallest absolute Gasteiger partial charge is 0.129 e. The molecule has 1 aliphatic heterocycles. The Labute approximate surface area is 134 Å². The van der Waals surface area contributed by atoms with Crippen LogP contribution in [0.2, 0.25) is 0 Å². The van der Waals surface area contributed by atoms with Gasteiger partial charge in [-0.15, -0.1) is 0 Å². The lowest BCUT2D eigenvalue weighted by Crippen LogP contribution is -2.32. The highest BCUT2D eigenvalue weighted by Crippen LogP contribution is 2.24. The quantitative estimate of drug-likeness (QED) is 0.928. The maximum atomic E-state index is 13.7. The van der Waals surface area contributed by atoms with Crippen molar-refractivity contribution in [3.05, 3.63) is 77.4 Å². The van der Waals surface area contributed by atoms with Crippen LogP contribution in [0.15, 0.2) is 54.6 Å². The normalized spacial score (nSPS) is 16.9. The molecule has 4 heteroatoms. The van der Waals surface area contributed by atoms with Gasteiger partial charge in [-0.2, -0.15) is 0 Å². The van der Waals surface area contributed by atoms with Gasteiger partial charge in [-0.3, -0.25) is 4.90 Å². The summed E-state index contributed by atoms with van der Waals surface area (Å²) in [6.45, 7) is 1.77. The van der Waals surface area contributed by atoms with E-state index in [1.165, 1.54) is 11.1 Å². The summed E-state index contributed by atoms with van der Waals surface area (Å²) in [5, 5.41) is 10.2. The lowest BCUT2D eigenvalue weighted by Gasteiger charge is -2.28. The third-order valence-electron chi connectivity index (χ3n) is 4.19. The molecule has 2 aromatic carbocycles. The third-order valence-corrected chi connectivity index (χ3v) is 4.19. The number of hydrogen-bond acceptors (Lipinski definition) is 2. The second-order valence-electron chi connectivity index (χ2n) is 5.79. The fraction of sp³-hybridized carbons (Fsp3) is 0.263. The van der Waals surface area contributed by atoms with Crippen molar-refractivity contribution in [3.63, 3.8) is 0 Å². The highest BCUT2D eigenvalue weighted by Gasteiger charge is 2.19. The molecule has 0 saturated heterocycles. The van der Waals surface area contributed by atoms with Gasteiger partial charge in [-0.25, -0.2) is 8.78 Å². The maximum Gasteiger partial charge on any atom is 0.129 e. The van der Waals surface area contributed by atoms with E-state index in [2.05, 4.69) is 18.2 Å². The summed E-state index contributed by atoms with van der Waals surface area (Å²) in [4.78, 5) is 2.04. The Bertz CT molecular complexity index is 700. The molecular formula is C19H19F2NO. The van der Waals surface area contributed by atoms with Crippen molar-refractivity contribution < 1.29 is 13.9 Å². The van der Waals surface area contributed by atoms with Gasteiger partial charge in [0.15, 0.2) is 0 Å². The molecule has 23 heavy (non-hydrogen) atoms. The molecule has 0 amide bonds. The van der Waals surface area contributed by atoms with Crippen molar-refractivity contribution in [2.24, 2.45) is 0 Å². The topological polar surface area (TPSA) is 23.5 Å². The maximum absolute atomic E-state index is 13.7. The van der Waals surface area contributed by atoms with Crippen LogP contribution in [0.5, 0.6) is 0 Å². The molecule has 120 valence electrons. The lowest BCUT2D eigenvalue weighted by atomic mass is 9.99. The van der Waals surface area contributed by atoms with E-state index in [0.717, 1.165) is 31.2 Å². The van der Waals surface area contributed by atoms with Crippen LogP contribution in [0.1, 0.15) is 23.7 Å². The molecule has 2 aromatic rings. The first-order chi connectivity index (χ1) is 11.1. The van der Waals surface area contributed by atoms with Gasteiger partial charge in [0.1, 0.15) is 11.6 Å². The first kappa shape index (κ1) is 15.8. The summed E-state index contributed by atoms with van der Waals surface area (Å²) < 4.78 is 26.9. The van der Waals surface area contributed by atoms with Crippen molar-refractivity contribution in [1.82, 2.24) is 4.90 Å². The number of benzene rings is 2. The minimum Gasteiger partial charge on any atom is -0.387 e. The molecule has 0 saturated carbocycles. The van der Waals surface area contributed by atoms with Crippen molar-refractivity contribution in [1.29, 1.82) is 0 Å². The van der Waals surface area contributed by atoms with E-state index in [1.54, 1.807) is 0 Å². The molecule has 1 N–H and O–H groups in total. The summed E-state index contributed by atoms with van der Waals surface area (Å²) in [5.74, 6) is -1.11. The van der Waals surface area contributed by atoms with Crippen LogP contribution in [-0.2, 0) is 0 Å². The van der Waals surface area contributed by atoms with Gasteiger partial charge in [0, 0.05) is 25.2 Å². The largest absolute Gasteiger partial charge is 0.387 e. The van der Waals surface area contributed by atoms with E-state index in [1.807, 2.05) is 23.1 Å². The Morgan fingerprint density at radius 3 is 2.57 bits per heavy atom. The molecule has 0 fully saturated rings. The zero-order chi connectivity index (χ0) is 16.2. The second kappa shape index (κ2) is 7.02. The number of hydrogen-bond donors (Lipinski definition) is 1. The zero-order valence-corrected chi connectivity index (χ0v) is 12.8. The fourth-order valence-electron chi connectivity index (χ4n) is 2.90. The molecule has 3 rings (SSSR count). The first-order valence-corrected chi connectivity index (χ1v) is 7.73. The highest BCUT2D eigenvalue weighted by molar-refractivity contribution is 5.66. The standard InChI is InChI=1S/C19H19F2NO/c20-16-6-7-18(21)17(12-16)19(23)13-22-10-8-15(9-11-22)14-4-2-1-3-5-14/h1-8,12,19,23H,9-11,13H2/t19-/m1/s1. The van der Waals surface area contributed by atoms with E-state index in [4.69, 9.17) is 0 Å². The van der Waals surface area contributed by atoms with Gasteiger partial charge in [-0.1, -0.05) is 36.4 Å². The van der Waals surface area contributed by atoms with Crippen molar-refractivity contribution >= 4 is 5.57 Å². The van der Waals surface area contributed by atoms with Crippen LogP contribution in [0.25, 0.3) is 5.57 Å². The van der Waals surface area contributed by atoms with E-state index < -0.39 is 17.7 Å². The Morgan fingerprint density at radius 2 is 1.87 bits per heavy atom. The summed E-state index contributed by atoms with van der Waals surface area (Å²) in [5.41, 5.74) is 2.51. The second-order valence-corrected chi connectivity index (χ2v) is 5.79. The Hall–Kier alpha value is -2.04. The Morgan fingerprint density at radius 1 is 1.09 bits per heavy atom. The van der Waals surface area contributed by atoms with Gasteiger partial charge in [0.2, 0.25) is 0 Å². The van der Waals surface area contributed by atoms with Gasteiger partial charge in [0.25, 0.3) is 0 Å². The lowest BCUT2D eigenvalue weighted by molar-refractivity contribution is 0.115. The van der Waals surface area contributed by atoms with Gasteiger partial charge >= 0.3 is 0 Å². The minimum absolute atomic E-state index is 0.0165. The van der Waals surface area contributed by atoms with Crippen LogP contribution >= 0.6 is 0 Å². The fourth-order valence-corrected chi connectivity index (χ4v) is 2.90. The van der Waals surface area contributed by atoms with E-state index >= 15 is 0 Å². The van der Waals surface area contributed by atoms with Gasteiger partial charge in [-0.05, 0) is 35.8 Å². The van der Waals surface area contributed by atoms with Gasteiger partial charge in [0.05, 0.1) is 6.10 Å². The summed E-state index contributed by atoms with van der Waals surface area (Å²) >= 11 is 0. The van der Waals surface area contributed by atoms with Crippen molar-refractivity contribution in [2.75, 3.05) is 19.6 Å². The monoisotopic (exact) mass is 315 g/mol. The molecule has 2 nitrogen and oxygen atoms in total. The van der Waals surface area contributed by atoms with E-state index in [0.29, 0.717) is 13.1 Å². The molecule has 0 spiro atoms. The number of aliphatic hydroxyl groups excluding tert-OH is 1. The van der Waals surface area contributed by atoms with Crippen LogP contribution in [0, 0.1) is 11.6 Å². The molecule has 0 radical (unpaired) electrons. The number of nitrogens with zero attached hydrogens (tertiary/aromatic N) is 1. The molecule has 1 aliphatic rings. The predicted octanol–water partition coefficient (Wildman–Crippen LogP) is 3.79. The molecule has 0 bridgehead atoms. The summed E-state index contributed by atoms with van der Waals surface area (Å²) in [6, 6.07) is 13.4. The van der Waals surface area contributed by atoms with Crippen LogP contribution in [-0.4, -0.2) is 29.6 Å². The average Bonchev–Trinajstić information content (AvgIpc) is 2.58. The Kier molecular flexibility index (Phi) is 4.84. The molecule has 0 aromatic heterocycles. The molecular weight excluding hydrogens is 296 g/mol. The molecule has 0 aliphatic carbocycles. The zero-order valence-electron chi connectivity index (χ0n) is 12.8. The minimum atomic E-state index is -1.03. The Balaban J connectivity index is 1.64. The summed E-state index contributed by atoms with van der Waals surface area (Å²) in [6.07, 6.45) is 1.98. The van der Waals surface area contributed by atoms with Crippen LogP contribution in [0.3, 0.4) is 0 Å². The van der Waals surface area contributed by atoms with E-state index in [9.17, 15) is 13.9 Å². The highest BCUT2D eigenvalue weighted by atomic mass is 19.1. The van der Waals surface area contributed by atoms with E-state index in [-0.39, 0.29) is 5.56 Å². The van der Waals surface area contributed by atoms with Crippen molar-refractivity contribution in [3.8, 4) is 0 Å². The molecule has 1 heterocycles. The average molecular weight is 315 g/mol. The number of rotatable bonds is 4. The van der Waals surface area contributed by atoms with Gasteiger partial charge < -0.3 is 5.11 Å². The molecule has 0 unspecified atom stereocenters.